The molecule has 25 heavy (non-hydrogen) atoms. The Morgan fingerprint density at radius 3 is 2.96 bits per heavy atom. The Balaban J connectivity index is 1.79. The first-order valence-corrected chi connectivity index (χ1v) is 8.50. The van der Waals surface area contributed by atoms with Crippen LogP contribution in [0.1, 0.15) is 17.5 Å². The summed E-state index contributed by atoms with van der Waals surface area (Å²) >= 11 is 5.93. The molecule has 0 unspecified atom stereocenters. The van der Waals surface area contributed by atoms with E-state index in [4.69, 9.17) is 21.1 Å². The second-order valence-corrected chi connectivity index (χ2v) is 6.34. The fraction of sp³-hybridized carbons (Fsp3) is 0.316. The number of hydrogen-bond acceptors (Lipinski definition) is 4. The number of carbonyl (C=O) groups excluding carboxylic acids is 1. The van der Waals surface area contributed by atoms with Crippen molar-refractivity contribution < 1.29 is 19.4 Å². The average Bonchev–Trinajstić information content (AvgIpc) is 2.58. The number of nitrogens with zero attached hydrogens (tertiary/aromatic N) is 1. The van der Waals surface area contributed by atoms with E-state index >= 15 is 0 Å². The highest BCUT2D eigenvalue weighted by molar-refractivity contribution is 6.32. The number of ether oxygens (including phenoxy) is 2. The molecular weight excluding hydrogens is 342 g/mol. The van der Waals surface area contributed by atoms with Crippen LogP contribution in [0.5, 0.6) is 17.2 Å². The summed E-state index contributed by atoms with van der Waals surface area (Å²) < 4.78 is 11.2. The SMILES string of the molecule is COc1cccc2c1OCCCN(C(=O)Cc1ccc(O)c(Cl)c1)C2. The number of carbonyl (C=O) groups is 1. The minimum Gasteiger partial charge on any atom is -0.506 e. The molecule has 0 aliphatic carbocycles. The van der Waals surface area contributed by atoms with Crippen LogP contribution < -0.4 is 9.47 Å². The summed E-state index contributed by atoms with van der Waals surface area (Å²) in [5, 5.41) is 9.75. The van der Waals surface area contributed by atoms with Crippen LogP contribution in [0.25, 0.3) is 0 Å². The lowest BCUT2D eigenvalue weighted by Crippen LogP contribution is -2.34. The minimum absolute atomic E-state index is 0.0115. The van der Waals surface area contributed by atoms with Crippen LogP contribution in [0, 0.1) is 0 Å². The van der Waals surface area contributed by atoms with E-state index in [1.54, 1.807) is 19.2 Å². The Labute approximate surface area is 151 Å². The van der Waals surface area contributed by atoms with Crippen molar-refractivity contribution in [3.8, 4) is 17.2 Å². The summed E-state index contributed by atoms with van der Waals surface area (Å²) in [6, 6.07) is 10.5. The minimum atomic E-state index is 0.0115. The third-order valence-electron chi connectivity index (χ3n) is 4.18. The molecule has 3 rings (SSSR count). The van der Waals surface area contributed by atoms with Crippen molar-refractivity contribution in [2.45, 2.75) is 19.4 Å². The van der Waals surface area contributed by atoms with Crippen LogP contribution in [0.4, 0.5) is 0 Å². The van der Waals surface area contributed by atoms with E-state index in [1.807, 2.05) is 23.1 Å². The highest BCUT2D eigenvalue weighted by Gasteiger charge is 2.21. The number of phenolic OH excluding ortho intramolecular Hbond substituents is 1. The maximum atomic E-state index is 12.7. The summed E-state index contributed by atoms with van der Waals surface area (Å²) in [7, 11) is 1.61. The molecule has 0 saturated heterocycles. The van der Waals surface area contributed by atoms with Crippen LogP contribution in [-0.4, -0.2) is 36.2 Å². The molecule has 6 heteroatoms. The van der Waals surface area contributed by atoms with Gasteiger partial charge in [0.15, 0.2) is 11.5 Å². The quantitative estimate of drug-likeness (QED) is 0.910. The number of hydrogen-bond donors (Lipinski definition) is 1. The standard InChI is InChI=1S/C19H20ClNO4/c1-24-17-5-2-4-14-12-21(8-3-9-25-19(14)17)18(23)11-13-6-7-16(22)15(20)10-13/h2,4-7,10,22H,3,8-9,11-12H2,1H3. The second-order valence-electron chi connectivity index (χ2n) is 5.93. The summed E-state index contributed by atoms with van der Waals surface area (Å²) in [5.74, 6) is 1.41. The number of phenols is 1. The van der Waals surface area contributed by atoms with Crippen LogP contribution in [0.3, 0.4) is 0 Å². The first-order chi connectivity index (χ1) is 12.1. The van der Waals surface area contributed by atoms with Gasteiger partial charge in [-0.1, -0.05) is 29.8 Å². The van der Waals surface area contributed by atoms with E-state index < -0.39 is 0 Å². The molecular formula is C19H20ClNO4. The lowest BCUT2D eigenvalue weighted by molar-refractivity contribution is -0.131. The highest BCUT2D eigenvalue weighted by atomic mass is 35.5. The van der Waals surface area contributed by atoms with Crippen LogP contribution in [-0.2, 0) is 17.8 Å². The molecule has 1 N–H and O–H groups in total. The summed E-state index contributed by atoms with van der Waals surface area (Å²) in [6.07, 6.45) is 0.986. The normalized spacial score (nSPS) is 14.1. The van der Waals surface area contributed by atoms with Gasteiger partial charge in [0.1, 0.15) is 5.75 Å². The Morgan fingerprint density at radius 1 is 1.36 bits per heavy atom. The first-order valence-electron chi connectivity index (χ1n) is 8.12. The average molecular weight is 362 g/mol. The smallest absolute Gasteiger partial charge is 0.227 e. The van der Waals surface area contributed by atoms with Gasteiger partial charge in [-0.3, -0.25) is 4.79 Å². The van der Waals surface area contributed by atoms with Crippen molar-refractivity contribution in [3.63, 3.8) is 0 Å². The van der Waals surface area contributed by atoms with Gasteiger partial charge in [-0.15, -0.1) is 0 Å². The number of benzene rings is 2. The first kappa shape index (κ1) is 17.4. The van der Waals surface area contributed by atoms with E-state index in [9.17, 15) is 9.90 Å². The van der Waals surface area contributed by atoms with Crippen molar-refractivity contribution in [2.24, 2.45) is 0 Å². The molecule has 1 amide bonds. The lowest BCUT2D eigenvalue weighted by Gasteiger charge is -2.27. The molecule has 0 fully saturated rings. The molecule has 0 aromatic heterocycles. The van der Waals surface area contributed by atoms with Gasteiger partial charge >= 0.3 is 0 Å². The maximum Gasteiger partial charge on any atom is 0.227 e. The van der Waals surface area contributed by atoms with Gasteiger partial charge in [0.2, 0.25) is 5.91 Å². The van der Waals surface area contributed by atoms with E-state index in [0.29, 0.717) is 31.2 Å². The number of halogens is 1. The van der Waals surface area contributed by atoms with Crippen LogP contribution >= 0.6 is 11.6 Å². The van der Waals surface area contributed by atoms with Gasteiger partial charge in [0.05, 0.1) is 25.2 Å². The number of methoxy groups -OCH3 is 1. The van der Waals surface area contributed by atoms with Gasteiger partial charge in [-0.25, -0.2) is 0 Å². The van der Waals surface area contributed by atoms with Crippen molar-refractivity contribution in [2.75, 3.05) is 20.3 Å². The van der Waals surface area contributed by atoms with Crippen LogP contribution in [0.2, 0.25) is 5.02 Å². The third-order valence-corrected chi connectivity index (χ3v) is 4.48. The molecule has 2 aromatic carbocycles. The molecule has 0 atom stereocenters. The zero-order valence-electron chi connectivity index (χ0n) is 14.0. The maximum absolute atomic E-state index is 12.7. The molecule has 132 valence electrons. The van der Waals surface area contributed by atoms with Crippen molar-refractivity contribution >= 4 is 17.5 Å². The molecule has 2 aromatic rings. The topological polar surface area (TPSA) is 59.0 Å². The van der Waals surface area contributed by atoms with E-state index in [2.05, 4.69) is 0 Å². The fourth-order valence-corrected chi connectivity index (χ4v) is 3.09. The number of rotatable bonds is 3. The number of para-hydroxylation sites is 1. The van der Waals surface area contributed by atoms with Gasteiger partial charge in [-0.05, 0) is 30.2 Å². The second kappa shape index (κ2) is 7.66. The summed E-state index contributed by atoms with van der Waals surface area (Å²) in [6.45, 7) is 1.63. The highest BCUT2D eigenvalue weighted by Crippen LogP contribution is 2.33. The fourth-order valence-electron chi connectivity index (χ4n) is 2.88. The molecule has 0 bridgehead atoms. The molecule has 5 nitrogen and oxygen atoms in total. The Bertz CT molecular complexity index is 778. The van der Waals surface area contributed by atoms with Crippen molar-refractivity contribution in [3.05, 3.63) is 52.5 Å². The van der Waals surface area contributed by atoms with E-state index in [1.165, 1.54) is 6.07 Å². The zero-order chi connectivity index (χ0) is 17.8. The monoisotopic (exact) mass is 361 g/mol. The third kappa shape index (κ3) is 3.99. The number of fused-ring (bicyclic) bond motifs is 1. The van der Waals surface area contributed by atoms with Crippen molar-refractivity contribution in [1.29, 1.82) is 0 Å². The molecule has 0 spiro atoms. The summed E-state index contributed by atoms with van der Waals surface area (Å²) in [4.78, 5) is 14.6. The van der Waals surface area contributed by atoms with Crippen molar-refractivity contribution in [1.82, 2.24) is 4.90 Å². The van der Waals surface area contributed by atoms with E-state index in [0.717, 1.165) is 17.5 Å². The predicted octanol–water partition coefficient (Wildman–Crippen LogP) is 3.41. The Hall–Kier alpha value is -2.40. The summed E-state index contributed by atoms with van der Waals surface area (Å²) in [5.41, 5.74) is 1.70. The molecule has 1 aliphatic heterocycles. The van der Waals surface area contributed by atoms with E-state index in [-0.39, 0.29) is 23.1 Å². The van der Waals surface area contributed by atoms with Gasteiger partial charge in [0, 0.05) is 18.7 Å². The van der Waals surface area contributed by atoms with Gasteiger partial charge in [0.25, 0.3) is 0 Å². The number of amides is 1. The van der Waals surface area contributed by atoms with Crippen LogP contribution in [0.15, 0.2) is 36.4 Å². The largest absolute Gasteiger partial charge is 0.506 e. The molecule has 0 radical (unpaired) electrons. The molecule has 1 aliphatic rings. The molecule has 0 saturated carbocycles. The zero-order valence-corrected chi connectivity index (χ0v) is 14.8. The van der Waals surface area contributed by atoms with Gasteiger partial charge < -0.3 is 19.5 Å². The van der Waals surface area contributed by atoms with Gasteiger partial charge in [-0.2, -0.15) is 0 Å². The lowest BCUT2D eigenvalue weighted by atomic mass is 10.1. The predicted molar refractivity (Wildman–Crippen MR) is 95.3 cm³/mol. The molecule has 1 heterocycles. The Morgan fingerprint density at radius 2 is 2.20 bits per heavy atom. The Kier molecular flexibility index (Phi) is 5.34. The number of aromatic hydroxyl groups is 1.